The summed E-state index contributed by atoms with van der Waals surface area (Å²) in [5.41, 5.74) is -0.496. The molecule has 1 atom stereocenters. The van der Waals surface area contributed by atoms with Crippen molar-refractivity contribution in [2.75, 3.05) is 13.6 Å². The SMILES string of the molecule is CCC(CCCN1C(=O)CC(C)(C)C1=O)NC. The number of hydrogen-bond donors (Lipinski definition) is 1. The molecule has 1 aliphatic heterocycles. The highest BCUT2D eigenvalue weighted by atomic mass is 16.2. The predicted molar refractivity (Wildman–Crippen MR) is 67.5 cm³/mol. The van der Waals surface area contributed by atoms with Crippen LogP contribution in [0.4, 0.5) is 0 Å². The third kappa shape index (κ3) is 3.28. The van der Waals surface area contributed by atoms with E-state index < -0.39 is 5.41 Å². The summed E-state index contributed by atoms with van der Waals surface area (Å²) in [5, 5.41) is 3.23. The van der Waals surface area contributed by atoms with Gasteiger partial charge in [0.1, 0.15) is 0 Å². The molecule has 0 saturated carbocycles. The molecule has 0 radical (unpaired) electrons. The number of rotatable bonds is 6. The lowest BCUT2D eigenvalue weighted by Gasteiger charge is -2.19. The van der Waals surface area contributed by atoms with Gasteiger partial charge in [-0.2, -0.15) is 0 Å². The van der Waals surface area contributed by atoms with E-state index in [-0.39, 0.29) is 11.8 Å². The van der Waals surface area contributed by atoms with Crippen LogP contribution >= 0.6 is 0 Å². The minimum Gasteiger partial charge on any atom is -0.317 e. The van der Waals surface area contributed by atoms with Crippen molar-refractivity contribution in [2.45, 2.75) is 52.5 Å². The molecule has 1 heterocycles. The zero-order valence-electron chi connectivity index (χ0n) is 11.4. The highest BCUT2D eigenvalue weighted by Crippen LogP contribution is 2.31. The minimum absolute atomic E-state index is 0.0139. The van der Waals surface area contributed by atoms with Crippen LogP contribution in [0.15, 0.2) is 0 Å². The molecule has 98 valence electrons. The molecule has 1 aliphatic rings. The Morgan fingerprint density at radius 1 is 1.41 bits per heavy atom. The number of hydrogen-bond acceptors (Lipinski definition) is 3. The molecule has 1 unspecified atom stereocenters. The highest BCUT2D eigenvalue weighted by molar-refractivity contribution is 6.05. The molecule has 0 aromatic carbocycles. The van der Waals surface area contributed by atoms with Gasteiger partial charge in [-0.25, -0.2) is 0 Å². The molecule has 2 amide bonds. The second kappa shape index (κ2) is 5.63. The van der Waals surface area contributed by atoms with Crippen LogP contribution in [0.2, 0.25) is 0 Å². The molecule has 1 rings (SSSR count). The lowest BCUT2D eigenvalue weighted by atomic mass is 9.92. The molecular weight excluding hydrogens is 216 g/mol. The van der Waals surface area contributed by atoms with Gasteiger partial charge in [-0.05, 0) is 26.3 Å². The molecule has 17 heavy (non-hydrogen) atoms. The minimum atomic E-state index is -0.496. The fourth-order valence-corrected chi connectivity index (χ4v) is 2.30. The van der Waals surface area contributed by atoms with Crippen molar-refractivity contribution in [3.05, 3.63) is 0 Å². The van der Waals surface area contributed by atoms with Gasteiger partial charge in [-0.1, -0.05) is 20.8 Å². The number of imide groups is 1. The Morgan fingerprint density at radius 3 is 2.47 bits per heavy atom. The van der Waals surface area contributed by atoms with Gasteiger partial charge < -0.3 is 5.32 Å². The molecule has 1 N–H and O–H groups in total. The van der Waals surface area contributed by atoms with Gasteiger partial charge in [0.2, 0.25) is 11.8 Å². The normalized spacial score (nSPS) is 21.1. The maximum Gasteiger partial charge on any atom is 0.235 e. The fourth-order valence-electron chi connectivity index (χ4n) is 2.30. The number of nitrogens with one attached hydrogen (secondary N) is 1. The van der Waals surface area contributed by atoms with Crippen LogP contribution in [-0.2, 0) is 9.59 Å². The van der Waals surface area contributed by atoms with E-state index in [0.29, 0.717) is 19.0 Å². The van der Waals surface area contributed by atoms with Gasteiger partial charge in [0.05, 0.1) is 5.41 Å². The maximum absolute atomic E-state index is 11.9. The van der Waals surface area contributed by atoms with Crippen LogP contribution in [0, 0.1) is 5.41 Å². The largest absolute Gasteiger partial charge is 0.317 e. The van der Waals surface area contributed by atoms with Crippen LogP contribution < -0.4 is 5.32 Å². The average Bonchev–Trinajstić information content (AvgIpc) is 2.46. The van der Waals surface area contributed by atoms with Crippen LogP contribution in [-0.4, -0.2) is 36.3 Å². The topological polar surface area (TPSA) is 49.4 Å². The van der Waals surface area contributed by atoms with Gasteiger partial charge in [0.25, 0.3) is 0 Å². The molecule has 1 fully saturated rings. The maximum atomic E-state index is 11.9. The molecular formula is C13H24N2O2. The molecule has 1 saturated heterocycles. The lowest BCUT2D eigenvalue weighted by Crippen LogP contribution is -2.34. The Bertz CT molecular complexity index is 296. The summed E-state index contributed by atoms with van der Waals surface area (Å²) in [6.07, 6.45) is 3.32. The Labute approximate surface area is 104 Å². The van der Waals surface area contributed by atoms with Crippen molar-refractivity contribution < 1.29 is 9.59 Å². The zero-order valence-corrected chi connectivity index (χ0v) is 11.4. The summed E-state index contributed by atoms with van der Waals surface area (Å²) in [7, 11) is 1.95. The van der Waals surface area contributed by atoms with E-state index in [9.17, 15) is 9.59 Å². The quantitative estimate of drug-likeness (QED) is 0.717. The average molecular weight is 240 g/mol. The van der Waals surface area contributed by atoms with Crippen molar-refractivity contribution in [2.24, 2.45) is 5.41 Å². The second-order valence-corrected chi connectivity index (χ2v) is 5.45. The summed E-state index contributed by atoms with van der Waals surface area (Å²) in [6, 6.07) is 0.482. The Hall–Kier alpha value is -0.900. The summed E-state index contributed by atoms with van der Waals surface area (Å²) in [6.45, 7) is 6.39. The monoisotopic (exact) mass is 240 g/mol. The van der Waals surface area contributed by atoms with E-state index in [1.807, 2.05) is 20.9 Å². The van der Waals surface area contributed by atoms with Crippen LogP contribution in [0.5, 0.6) is 0 Å². The Balaban J connectivity index is 2.42. The first-order chi connectivity index (χ1) is 7.92. The molecule has 0 aromatic heterocycles. The fraction of sp³-hybridized carbons (Fsp3) is 0.846. The molecule has 0 bridgehead atoms. The molecule has 4 heteroatoms. The smallest absolute Gasteiger partial charge is 0.235 e. The summed E-state index contributed by atoms with van der Waals surface area (Å²) < 4.78 is 0. The van der Waals surface area contributed by atoms with E-state index >= 15 is 0 Å². The van der Waals surface area contributed by atoms with E-state index in [0.717, 1.165) is 19.3 Å². The third-order valence-electron chi connectivity index (χ3n) is 3.55. The van der Waals surface area contributed by atoms with Gasteiger partial charge >= 0.3 is 0 Å². The number of amides is 2. The van der Waals surface area contributed by atoms with E-state index in [2.05, 4.69) is 12.2 Å². The predicted octanol–water partition coefficient (Wildman–Crippen LogP) is 1.55. The molecule has 0 aliphatic carbocycles. The van der Waals surface area contributed by atoms with Gasteiger partial charge in [-0.3, -0.25) is 14.5 Å². The van der Waals surface area contributed by atoms with Crippen LogP contribution in [0.25, 0.3) is 0 Å². The van der Waals surface area contributed by atoms with E-state index in [4.69, 9.17) is 0 Å². The third-order valence-corrected chi connectivity index (χ3v) is 3.55. The summed E-state index contributed by atoms with van der Waals surface area (Å²) in [4.78, 5) is 25.1. The van der Waals surface area contributed by atoms with Crippen molar-refractivity contribution >= 4 is 11.8 Å². The first-order valence-electron chi connectivity index (χ1n) is 6.44. The number of nitrogens with zero attached hydrogens (tertiary/aromatic N) is 1. The van der Waals surface area contributed by atoms with Gasteiger partial charge in [0.15, 0.2) is 0 Å². The summed E-state index contributed by atoms with van der Waals surface area (Å²) >= 11 is 0. The molecule has 4 nitrogen and oxygen atoms in total. The van der Waals surface area contributed by atoms with Crippen molar-refractivity contribution in [1.29, 1.82) is 0 Å². The number of carbonyl (C=O) groups is 2. The van der Waals surface area contributed by atoms with E-state index in [1.165, 1.54) is 4.90 Å². The Morgan fingerprint density at radius 2 is 2.06 bits per heavy atom. The standard InChI is InChI=1S/C13H24N2O2/c1-5-10(14-4)7-6-8-15-11(16)9-13(2,3)12(15)17/h10,14H,5-9H2,1-4H3. The molecule has 0 spiro atoms. The summed E-state index contributed by atoms with van der Waals surface area (Å²) in [5.74, 6) is -0.0301. The van der Waals surface area contributed by atoms with Crippen LogP contribution in [0.3, 0.4) is 0 Å². The highest BCUT2D eigenvalue weighted by Gasteiger charge is 2.44. The molecule has 0 aromatic rings. The second-order valence-electron chi connectivity index (χ2n) is 5.45. The lowest BCUT2D eigenvalue weighted by molar-refractivity contribution is -0.140. The zero-order chi connectivity index (χ0) is 13.1. The van der Waals surface area contributed by atoms with Crippen LogP contribution in [0.1, 0.15) is 46.5 Å². The first-order valence-corrected chi connectivity index (χ1v) is 6.44. The van der Waals surface area contributed by atoms with Crippen molar-refractivity contribution in [1.82, 2.24) is 10.2 Å². The van der Waals surface area contributed by atoms with E-state index in [1.54, 1.807) is 0 Å². The van der Waals surface area contributed by atoms with Crippen molar-refractivity contribution in [3.63, 3.8) is 0 Å². The number of carbonyl (C=O) groups excluding carboxylic acids is 2. The number of likely N-dealkylation sites (tertiary alicyclic amines) is 1. The van der Waals surface area contributed by atoms with Gasteiger partial charge in [0, 0.05) is 19.0 Å². The first kappa shape index (κ1) is 14.2. The van der Waals surface area contributed by atoms with Gasteiger partial charge in [-0.15, -0.1) is 0 Å². The Kier molecular flexibility index (Phi) is 4.69. The van der Waals surface area contributed by atoms with Crippen molar-refractivity contribution in [3.8, 4) is 0 Å².